The lowest BCUT2D eigenvalue weighted by Crippen LogP contribution is -2.15. The lowest BCUT2D eigenvalue weighted by molar-refractivity contribution is 0.493. The average Bonchev–Trinajstić information content (AvgIpc) is 2.52. The zero-order valence-electron chi connectivity index (χ0n) is 7.72. The highest BCUT2D eigenvalue weighted by atomic mass is 32.1. The van der Waals surface area contributed by atoms with Crippen molar-refractivity contribution in [1.29, 1.82) is 0 Å². The van der Waals surface area contributed by atoms with Crippen molar-refractivity contribution in [2.24, 2.45) is 0 Å². The van der Waals surface area contributed by atoms with E-state index in [1.807, 2.05) is 0 Å². The van der Waals surface area contributed by atoms with Crippen molar-refractivity contribution in [3.05, 3.63) is 16.1 Å². The number of nitrogens with zero attached hydrogens (tertiary/aromatic N) is 1. The topological polar surface area (TPSA) is 12.9 Å². The minimum atomic E-state index is 0.158. The molecule has 1 nitrogen and oxygen atoms in total. The molecule has 0 spiro atoms. The van der Waals surface area contributed by atoms with Gasteiger partial charge in [0.15, 0.2) is 5.01 Å². The summed E-state index contributed by atoms with van der Waals surface area (Å²) >= 11 is 1.54. The zero-order valence-corrected chi connectivity index (χ0v) is 8.53. The van der Waals surface area contributed by atoms with Crippen LogP contribution in [0.15, 0.2) is 5.38 Å². The summed E-state index contributed by atoms with van der Waals surface area (Å²) in [5.41, 5.74) is 1.27. The second-order valence-corrected chi connectivity index (χ2v) is 4.28. The minimum absolute atomic E-state index is 0.158. The number of thiazole rings is 1. The Hall–Kier alpha value is -0.810. The van der Waals surface area contributed by atoms with Crippen molar-refractivity contribution in [3.63, 3.8) is 0 Å². The first-order valence-corrected chi connectivity index (χ1v) is 4.90. The van der Waals surface area contributed by atoms with Crippen LogP contribution in [-0.4, -0.2) is 4.98 Å². The van der Waals surface area contributed by atoms with Crippen molar-refractivity contribution in [2.45, 2.75) is 32.6 Å². The van der Waals surface area contributed by atoms with Crippen LogP contribution in [0.5, 0.6) is 0 Å². The SMILES string of the molecule is C#Cc1nc(C(C)(C)CC)cs1. The Bertz CT molecular complexity index is 304. The molecule has 0 unspecified atom stereocenters. The molecule has 0 fully saturated rings. The summed E-state index contributed by atoms with van der Waals surface area (Å²) in [5, 5.41) is 2.84. The Morgan fingerprint density at radius 2 is 2.33 bits per heavy atom. The summed E-state index contributed by atoms with van der Waals surface area (Å²) in [5.74, 6) is 2.55. The Balaban J connectivity index is 2.98. The highest BCUT2D eigenvalue weighted by molar-refractivity contribution is 7.10. The number of terminal acetylenes is 1. The van der Waals surface area contributed by atoms with Gasteiger partial charge in [0.2, 0.25) is 0 Å². The average molecular weight is 179 g/mol. The quantitative estimate of drug-likeness (QED) is 0.636. The molecule has 0 amide bonds. The molecule has 0 bridgehead atoms. The largest absolute Gasteiger partial charge is 0.232 e. The molecule has 1 rings (SSSR count). The van der Waals surface area contributed by atoms with Crippen LogP contribution >= 0.6 is 11.3 Å². The molecular formula is C10H13NS. The summed E-state index contributed by atoms with van der Waals surface area (Å²) in [6.07, 6.45) is 6.33. The lowest BCUT2D eigenvalue weighted by atomic mass is 9.87. The van der Waals surface area contributed by atoms with Gasteiger partial charge < -0.3 is 0 Å². The van der Waals surface area contributed by atoms with E-state index in [1.54, 1.807) is 11.3 Å². The van der Waals surface area contributed by atoms with Crippen molar-refractivity contribution < 1.29 is 0 Å². The Morgan fingerprint density at radius 3 is 2.75 bits per heavy atom. The molecule has 0 aromatic carbocycles. The fourth-order valence-electron chi connectivity index (χ4n) is 0.832. The van der Waals surface area contributed by atoms with Gasteiger partial charge in [0.1, 0.15) is 0 Å². The molecular weight excluding hydrogens is 166 g/mol. The van der Waals surface area contributed by atoms with Crippen molar-refractivity contribution in [3.8, 4) is 12.3 Å². The fourth-order valence-corrected chi connectivity index (χ4v) is 1.65. The van der Waals surface area contributed by atoms with E-state index in [0.717, 1.165) is 17.1 Å². The number of aromatic nitrogens is 1. The molecule has 0 saturated heterocycles. The maximum absolute atomic E-state index is 5.25. The van der Waals surface area contributed by atoms with Gasteiger partial charge in [-0.15, -0.1) is 17.8 Å². The van der Waals surface area contributed by atoms with Crippen LogP contribution in [0.2, 0.25) is 0 Å². The maximum Gasteiger partial charge on any atom is 0.166 e. The third-order valence-corrected chi connectivity index (χ3v) is 2.98. The summed E-state index contributed by atoms with van der Waals surface area (Å²) in [4.78, 5) is 4.35. The molecule has 64 valence electrons. The molecule has 0 aliphatic carbocycles. The first-order chi connectivity index (χ1) is 5.60. The van der Waals surface area contributed by atoms with Gasteiger partial charge in [0, 0.05) is 10.8 Å². The molecule has 2 heteroatoms. The lowest BCUT2D eigenvalue weighted by Gasteiger charge is -2.19. The Labute approximate surface area is 77.8 Å². The Morgan fingerprint density at radius 1 is 1.67 bits per heavy atom. The predicted octanol–water partition coefficient (Wildman–Crippen LogP) is 2.81. The van der Waals surface area contributed by atoms with Crippen LogP contribution in [0, 0.1) is 12.3 Å². The zero-order chi connectivity index (χ0) is 9.19. The van der Waals surface area contributed by atoms with Crippen molar-refractivity contribution >= 4 is 11.3 Å². The molecule has 0 radical (unpaired) electrons. The molecule has 0 aliphatic rings. The normalized spacial score (nSPS) is 11.2. The summed E-state index contributed by atoms with van der Waals surface area (Å²) in [7, 11) is 0. The van der Waals surface area contributed by atoms with E-state index in [9.17, 15) is 0 Å². The van der Waals surface area contributed by atoms with E-state index in [0.29, 0.717) is 0 Å². The van der Waals surface area contributed by atoms with Gasteiger partial charge in [-0.3, -0.25) is 0 Å². The van der Waals surface area contributed by atoms with Gasteiger partial charge in [0.05, 0.1) is 5.69 Å². The molecule has 1 aromatic heterocycles. The van der Waals surface area contributed by atoms with Crippen LogP contribution in [0.3, 0.4) is 0 Å². The second kappa shape index (κ2) is 3.28. The van der Waals surface area contributed by atoms with Gasteiger partial charge in [-0.2, -0.15) is 0 Å². The van der Waals surface area contributed by atoms with Gasteiger partial charge >= 0.3 is 0 Å². The van der Waals surface area contributed by atoms with Gasteiger partial charge in [-0.1, -0.05) is 20.8 Å². The monoisotopic (exact) mass is 179 g/mol. The smallest absolute Gasteiger partial charge is 0.166 e. The summed E-state index contributed by atoms with van der Waals surface area (Å²) in [6, 6.07) is 0. The molecule has 0 atom stereocenters. The highest BCUT2D eigenvalue weighted by Crippen LogP contribution is 2.27. The molecule has 12 heavy (non-hydrogen) atoms. The number of hydrogen-bond donors (Lipinski definition) is 0. The molecule has 1 aromatic rings. The first-order valence-electron chi connectivity index (χ1n) is 4.03. The third-order valence-electron chi connectivity index (χ3n) is 2.20. The van der Waals surface area contributed by atoms with Crippen LogP contribution in [-0.2, 0) is 5.41 Å². The molecule has 0 N–H and O–H groups in total. The second-order valence-electron chi connectivity index (χ2n) is 3.42. The molecule has 0 aliphatic heterocycles. The molecule has 1 heterocycles. The standard InChI is InChI=1S/C10H13NS/c1-5-9-11-8(7-12-9)10(3,4)6-2/h1,7H,6H2,2-4H3. The highest BCUT2D eigenvalue weighted by Gasteiger charge is 2.20. The van der Waals surface area contributed by atoms with Crippen molar-refractivity contribution in [1.82, 2.24) is 4.98 Å². The summed E-state index contributed by atoms with van der Waals surface area (Å²) in [6.45, 7) is 6.53. The minimum Gasteiger partial charge on any atom is -0.232 e. The van der Waals surface area contributed by atoms with Crippen molar-refractivity contribution in [2.75, 3.05) is 0 Å². The van der Waals surface area contributed by atoms with E-state index in [-0.39, 0.29) is 5.41 Å². The van der Waals surface area contributed by atoms with Crippen LogP contribution in [0.1, 0.15) is 37.9 Å². The van der Waals surface area contributed by atoms with E-state index in [4.69, 9.17) is 6.42 Å². The Kier molecular flexibility index (Phi) is 2.54. The van der Waals surface area contributed by atoms with Crippen LogP contribution < -0.4 is 0 Å². The first kappa shape index (κ1) is 9.28. The van der Waals surface area contributed by atoms with Crippen LogP contribution in [0.25, 0.3) is 0 Å². The number of rotatable bonds is 2. The van der Waals surface area contributed by atoms with E-state index in [2.05, 4.69) is 37.1 Å². The van der Waals surface area contributed by atoms with Gasteiger partial charge in [0.25, 0.3) is 0 Å². The van der Waals surface area contributed by atoms with E-state index in [1.165, 1.54) is 0 Å². The van der Waals surface area contributed by atoms with E-state index < -0.39 is 0 Å². The summed E-state index contributed by atoms with van der Waals surface area (Å²) < 4.78 is 0. The van der Waals surface area contributed by atoms with Crippen LogP contribution in [0.4, 0.5) is 0 Å². The van der Waals surface area contributed by atoms with Gasteiger partial charge in [-0.05, 0) is 12.3 Å². The molecule has 0 saturated carbocycles. The number of hydrogen-bond acceptors (Lipinski definition) is 2. The predicted molar refractivity (Wildman–Crippen MR) is 53.4 cm³/mol. The third kappa shape index (κ3) is 1.67. The maximum atomic E-state index is 5.25. The fraction of sp³-hybridized carbons (Fsp3) is 0.500. The van der Waals surface area contributed by atoms with Gasteiger partial charge in [-0.25, -0.2) is 4.98 Å². The van der Waals surface area contributed by atoms with E-state index >= 15 is 0 Å².